The molecule has 3 aromatic rings. The molecule has 1 aliphatic carbocycles. The maximum atomic E-state index is 12.5. The van der Waals surface area contributed by atoms with Gasteiger partial charge in [-0.25, -0.2) is 0 Å². The highest BCUT2D eigenvalue weighted by Crippen LogP contribution is 2.33. The number of aromatic nitrogens is 3. The van der Waals surface area contributed by atoms with Crippen molar-refractivity contribution in [3.8, 4) is 6.07 Å². The van der Waals surface area contributed by atoms with E-state index in [0.717, 1.165) is 41.5 Å². The Balaban J connectivity index is 1.42. The molecule has 0 bridgehead atoms. The van der Waals surface area contributed by atoms with Crippen molar-refractivity contribution >= 4 is 34.7 Å². The Morgan fingerprint density at radius 1 is 1.19 bits per heavy atom. The van der Waals surface area contributed by atoms with Crippen LogP contribution in [0, 0.1) is 11.3 Å². The van der Waals surface area contributed by atoms with E-state index in [4.69, 9.17) is 5.26 Å². The minimum atomic E-state index is -0.0731. The van der Waals surface area contributed by atoms with Gasteiger partial charge in [-0.2, -0.15) is 5.26 Å². The third-order valence-electron chi connectivity index (χ3n) is 5.44. The summed E-state index contributed by atoms with van der Waals surface area (Å²) >= 11 is 3.19. The van der Waals surface area contributed by atoms with Crippen LogP contribution < -0.4 is 5.32 Å². The predicted octanol–water partition coefficient (Wildman–Crippen LogP) is 5.23. The summed E-state index contributed by atoms with van der Waals surface area (Å²) in [5, 5.41) is 23.6. The topological polar surface area (TPSA) is 83.6 Å². The average Bonchev–Trinajstić information content (AvgIpc) is 3.45. The third-order valence-corrected chi connectivity index (χ3v) is 7.26. The molecule has 4 rings (SSSR count). The van der Waals surface area contributed by atoms with E-state index in [9.17, 15) is 4.79 Å². The van der Waals surface area contributed by atoms with Crippen LogP contribution >= 0.6 is 23.1 Å². The molecule has 2 heterocycles. The summed E-state index contributed by atoms with van der Waals surface area (Å²) in [7, 11) is 0. The molecular weight excluding hydrogens is 426 g/mol. The van der Waals surface area contributed by atoms with Gasteiger partial charge in [-0.15, -0.1) is 21.5 Å². The largest absolute Gasteiger partial charge is 0.325 e. The second kappa shape index (κ2) is 10.6. The fourth-order valence-corrected chi connectivity index (χ4v) is 5.45. The van der Waals surface area contributed by atoms with Crippen LogP contribution in [-0.4, -0.2) is 26.4 Å². The zero-order valence-electron chi connectivity index (χ0n) is 17.3. The average molecular weight is 452 g/mol. The maximum absolute atomic E-state index is 12.5. The first-order valence-corrected chi connectivity index (χ1v) is 12.4. The molecule has 8 heteroatoms. The van der Waals surface area contributed by atoms with Gasteiger partial charge in [0.1, 0.15) is 5.82 Å². The number of thiophene rings is 1. The van der Waals surface area contributed by atoms with Crippen molar-refractivity contribution in [2.24, 2.45) is 0 Å². The molecule has 1 saturated carbocycles. The quantitative estimate of drug-likeness (QED) is 0.474. The van der Waals surface area contributed by atoms with Gasteiger partial charge in [-0.3, -0.25) is 4.79 Å². The molecule has 31 heavy (non-hydrogen) atoms. The van der Waals surface area contributed by atoms with E-state index >= 15 is 0 Å². The molecule has 1 aliphatic rings. The zero-order chi connectivity index (χ0) is 21.5. The van der Waals surface area contributed by atoms with Crippen LogP contribution in [0.5, 0.6) is 0 Å². The van der Waals surface area contributed by atoms with Gasteiger partial charge in [-0.05, 0) is 42.0 Å². The summed E-state index contributed by atoms with van der Waals surface area (Å²) < 4.78 is 2.29. The molecule has 0 saturated heterocycles. The Kier molecular flexibility index (Phi) is 7.39. The Hall–Kier alpha value is -2.63. The molecule has 1 N–H and O–H groups in total. The number of nitrogens with zero attached hydrogens (tertiary/aromatic N) is 4. The number of anilines is 1. The van der Waals surface area contributed by atoms with E-state index in [1.807, 2.05) is 24.3 Å². The van der Waals surface area contributed by atoms with Gasteiger partial charge in [0, 0.05) is 23.0 Å². The van der Waals surface area contributed by atoms with Crippen LogP contribution in [-0.2, 0) is 17.6 Å². The first kappa shape index (κ1) is 21.6. The lowest BCUT2D eigenvalue weighted by molar-refractivity contribution is -0.113. The van der Waals surface area contributed by atoms with Gasteiger partial charge >= 0.3 is 0 Å². The summed E-state index contributed by atoms with van der Waals surface area (Å²) in [4.78, 5) is 13.8. The molecule has 0 unspecified atom stereocenters. The number of thioether (sulfide) groups is 1. The fraction of sp³-hybridized carbons (Fsp3) is 0.391. The first-order valence-electron chi connectivity index (χ1n) is 10.6. The summed E-state index contributed by atoms with van der Waals surface area (Å²) in [6, 6.07) is 14.1. The number of nitriles is 1. The van der Waals surface area contributed by atoms with E-state index < -0.39 is 0 Å². The highest BCUT2D eigenvalue weighted by Gasteiger charge is 2.23. The summed E-state index contributed by atoms with van der Waals surface area (Å²) in [5.41, 5.74) is 1.67. The van der Waals surface area contributed by atoms with Crippen molar-refractivity contribution in [2.45, 2.75) is 56.1 Å². The first-order chi connectivity index (χ1) is 15.2. The summed E-state index contributed by atoms with van der Waals surface area (Å²) in [5.74, 6) is 1.20. The van der Waals surface area contributed by atoms with Crippen LogP contribution in [0.3, 0.4) is 0 Å². The van der Waals surface area contributed by atoms with E-state index in [-0.39, 0.29) is 11.7 Å². The Bertz CT molecular complexity index is 1030. The van der Waals surface area contributed by atoms with Gasteiger partial charge < -0.3 is 9.88 Å². The Morgan fingerprint density at radius 2 is 2.00 bits per heavy atom. The van der Waals surface area contributed by atoms with Gasteiger partial charge in [0.15, 0.2) is 5.16 Å². The van der Waals surface area contributed by atoms with Crippen LogP contribution in [0.2, 0.25) is 0 Å². The standard InChI is InChI=1S/C23H25N5OS2/c24-13-12-17-8-10-18(11-9-17)25-22(29)16-31-23-27-26-21(15-20-7-4-14-30-20)28(23)19-5-2-1-3-6-19/h4,7-11,14,19H,1-3,5-6,12,15-16H2,(H,25,29). The van der Waals surface area contributed by atoms with Crippen molar-refractivity contribution in [3.63, 3.8) is 0 Å². The summed E-state index contributed by atoms with van der Waals surface area (Å²) in [6.07, 6.45) is 7.19. The SMILES string of the molecule is N#CCc1ccc(NC(=O)CSc2nnc(Cc3cccs3)n2C2CCCCC2)cc1. The third kappa shape index (κ3) is 5.75. The molecule has 1 aromatic carbocycles. The van der Waals surface area contributed by atoms with Gasteiger partial charge in [0.2, 0.25) is 5.91 Å². The summed E-state index contributed by atoms with van der Waals surface area (Å²) in [6.45, 7) is 0. The molecule has 1 amide bonds. The number of benzene rings is 1. The normalized spacial score (nSPS) is 14.3. The number of hydrogen-bond donors (Lipinski definition) is 1. The van der Waals surface area contributed by atoms with Crippen LogP contribution in [0.25, 0.3) is 0 Å². The molecule has 1 fully saturated rings. The Labute approximate surface area is 190 Å². The van der Waals surface area contributed by atoms with Crippen molar-refractivity contribution in [3.05, 3.63) is 58.0 Å². The monoisotopic (exact) mass is 451 g/mol. The van der Waals surface area contributed by atoms with Crippen molar-refractivity contribution in [1.29, 1.82) is 5.26 Å². The lowest BCUT2D eigenvalue weighted by atomic mass is 9.95. The highest BCUT2D eigenvalue weighted by atomic mass is 32.2. The minimum absolute atomic E-state index is 0.0731. The number of carbonyl (C=O) groups is 1. The predicted molar refractivity (Wildman–Crippen MR) is 124 cm³/mol. The van der Waals surface area contributed by atoms with Gasteiger partial charge in [-0.1, -0.05) is 49.2 Å². The lowest BCUT2D eigenvalue weighted by Crippen LogP contribution is -2.18. The van der Waals surface area contributed by atoms with Crippen molar-refractivity contribution < 1.29 is 4.79 Å². The van der Waals surface area contributed by atoms with E-state index in [0.29, 0.717) is 12.5 Å². The molecule has 160 valence electrons. The molecule has 2 aromatic heterocycles. The highest BCUT2D eigenvalue weighted by molar-refractivity contribution is 7.99. The number of hydrogen-bond acceptors (Lipinski definition) is 6. The number of rotatable bonds is 8. The maximum Gasteiger partial charge on any atom is 0.234 e. The van der Waals surface area contributed by atoms with Crippen molar-refractivity contribution in [2.75, 3.05) is 11.1 Å². The molecular formula is C23H25N5OS2. The number of amides is 1. The molecule has 0 spiro atoms. The fourth-order valence-electron chi connectivity index (χ4n) is 3.93. The van der Waals surface area contributed by atoms with Gasteiger partial charge in [0.05, 0.1) is 18.2 Å². The molecule has 0 radical (unpaired) electrons. The van der Waals surface area contributed by atoms with Crippen LogP contribution in [0.4, 0.5) is 5.69 Å². The van der Waals surface area contributed by atoms with Crippen LogP contribution in [0.1, 0.15) is 54.4 Å². The van der Waals surface area contributed by atoms with E-state index in [1.165, 1.54) is 35.9 Å². The second-order valence-electron chi connectivity index (χ2n) is 7.69. The van der Waals surface area contributed by atoms with E-state index in [1.54, 1.807) is 11.3 Å². The molecule has 0 aliphatic heterocycles. The lowest BCUT2D eigenvalue weighted by Gasteiger charge is -2.25. The minimum Gasteiger partial charge on any atom is -0.325 e. The Morgan fingerprint density at radius 3 is 2.71 bits per heavy atom. The molecule has 6 nitrogen and oxygen atoms in total. The van der Waals surface area contributed by atoms with E-state index in [2.05, 4.69) is 43.7 Å². The number of carbonyl (C=O) groups excluding carboxylic acids is 1. The van der Waals surface area contributed by atoms with Crippen molar-refractivity contribution in [1.82, 2.24) is 14.8 Å². The smallest absolute Gasteiger partial charge is 0.234 e. The zero-order valence-corrected chi connectivity index (χ0v) is 18.9. The number of nitrogens with one attached hydrogen (secondary N) is 1. The van der Waals surface area contributed by atoms with Gasteiger partial charge in [0.25, 0.3) is 0 Å². The van der Waals surface area contributed by atoms with Crippen LogP contribution in [0.15, 0.2) is 46.9 Å². The molecule has 0 atom stereocenters. The second-order valence-corrected chi connectivity index (χ2v) is 9.66.